The second-order valence-electron chi connectivity index (χ2n) is 7.20. The molecule has 0 radical (unpaired) electrons. The monoisotopic (exact) mass is 422 g/mol. The van der Waals surface area contributed by atoms with Crippen LogP contribution in [0.25, 0.3) is 0 Å². The Morgan fingerprint density at radius 2 is 1.67 bits per heavy atom. The highest BCUT2D eigenvalue weighted by molar-refractivity contribution is 7.92. The number of anilines is 2. The second-order valence-corrected chi connectivity index (χ2v) is 9.10. The van der Waals surface area contributed by atoms with Gasteiger partial charge in [-0.15, -0.1) is 0 Å². The summed E-state index contributed by atoms with van der Waals surface area (Å²) in [7, 11) is -3.72. The van der Waals surface area contributed by atoms with Gasteiger partial charge in [-0.2, -0.15) is 0 Å². The minimum atomic E-state index is -3.72. The molecule has 0 bridgehead atoms. The highest BCUT2D eigenvalue weighted by Crippen LogP contribution is 2.36. The third kappa shape index (κ3) is 4.31. The quantitative estimate of drug-likeness (QED) is 0.680. The number of hydrogen-bond acceptors (Lipinski definition) is 4. The van der Waals surface area contributed by atoms with Gasteiger partial charge in [-0.1, -0.05) is 60.2 Å². The van der Waals surface area contributed by atoms with Crippen LogP contribution >= 0.6 is 0 Å². The van der Waals surface area contributed by atoms with E-state index in [1.165, 1.54) is 4.31 Å². The molecule has 1 atom stereocenters. The summed E-state index contributed by atoms with van der Waals surface area (Å²) < 4.78 is 33.6. The number of carbonyl (C=O) groups excluding carboxylic acids is 1. The van der Waals surface area contributed by atoms with Gasteiger partial charge < -0.3 is 10.1 Å². The highest BCUT2D eigenvalue weighted by atomic mass is 32.2. The van der Waals surface area contributed by atoms with Crippen molar-refractivity contribution < 1.29 is 17.9 Å². The lowest BCUT2D eigenvalue weighted by molar-refractivity contribution is -0.122. The number of para-hydroxylation sites is 2. The fourth-order valence-corrected chi connectivity index (χ4v) is 4.91. The summed E-state index contributed by atoms with van der Waals surface area (Å²) in [6.45, 7) is 1.87. The van der Waals surface area contributed by atoms with E-state index in [2.05, 4.69) is 5.32 Å². The third-order valence-electron chi connectivity index (χ3n) is 4.87. The van der Waals surface area contributed by atoms with Crippen LogP contribution in [0.2, 0.25) is 0 Å². The van der Waals surface area contributed by atoms with Crippen molar-refractivity contribution in [1.82, 2.24) is 0 Å². The number of nitrogens with one attached hydrogen (secondary N) is 1. The molecule has 3 aromatic rings. The molecule has 0 saturated heterocycles. The van der Waals surface area contributed by atoms with Gasteiger partial charge in [-0.25, -0.2) is 8.42 Å². The van der Waals surface area contributed by atoms with Crippen molar-refractivity contribution in [3.05, 3.63) is 90.0 Å². The zero-order valence-electron chi connectivity index (χ0n) is 16.5. The van der Waals surface area contributed by atoms with E-state index in [1.807, 2.05) is 25.1 Å². The summed E-state index contributed by atoms with van der Waals surface area (Å²) in [4.78, 5) is 12.8. The third-order valence-corrected chi connectivity index (χ3v) is 6.59. The largest absolute Gasteiger partial charge is 0.476 e. The summed E-state index contributed by atoms with van der Waals surface area (Å²) in [5, 5.41) is 2.81. The molecule has 1 amide bonds. The fourth-order valence-electron chi connectivity index (χ4n) is 3.32. The second kappa shape index (κ2) is 8.20. The summed E-state index contributed by atoms with van der Waals surface area (Å²) in [6.07, 6.45) is -0.966. The molecule has 6 nitrogen and oxygen atoms in total. The standard InChI is InChI=1S/C23H22N2O4S/c1-17-11-13-19(14-12-17)24-23(26)22-15-25(20-9-5-6-10-21(20)29-22)30(27,28)16-18-7-3-2-4-8-18/h2-14,22H,15-16H2,1H3,(H,24,26). The lowest BCUT2D eigenvalue weighted by Crippen LogP contribution is -2.49. The number of rotatable bonds is 5. The molecule has 1 aliphatic rings. The summed E-state index contributed by atoms with van der Waals surface area (Å²) >= 11 is 0. The Bertz CT molecular complexity index is 1150. The number of hydrogen-bond donors (Lipinski definition) is 1. The van der Waals surface area contributed by atoms with E-state index >= 15 is 0 Å². The first-order valence-electron chi connectivity index (χ1n) is 9.60. The number of fused-ring (bicyclic) bond motifs is 1. The Labute approximate surface area is 176 Å². The van der Waals surface area contributed by atoms with Gasteiger partial charge in [0.15, 0.2) is 6.10 Å². The Morgan fingerprint density at radius 3 is 2.40 bits per heavy atom. The van der Waals surface area contributed by atoms with E-state index < -0.39 is 22.0 Å². The van der Waals surface area contributed by atoms with Crippen LogP contribution in [0, 0.1) is 6.92 Å². The van der Waals surface area contributed by atoms with Crippen LogP contribution in [-0.2, 0) is 20.6 Å². The number of benzene rings is 3. The Balaban J connectivity index is 1.60. The molecule has 4 rings (SSSR count). The van der Waals surface area contributed by atoms with Crippen molar-refractivity contribution in [2.75, 3.05) is 16.2 Å². The molecule has 154 valence electrons. The Hall–Kier alpha value is -3.32. The van der Waals surface area contributed by atoms with E-state index in [-0.39, 0.29) is 12.3 Å². The first kappa shape index (κ1) is 20.0. The highest BCUT2D eigenvalue weighted by Gasteiger charge is 2.36. The van der Waals surface area contributed by atoms with Crippen LogP contribution in [0.4, 0.5) is 11.4 Å². The van der Waals surface area contributed by atoms with Gasteiger partial charge in [0.05, 0.1) is 18.0 Å². The molecule has 30 heavy (non-hydrogen) atoms. The van der Waals surface area contributed by atoms with Crippen LogP contribution < -0.4 is 14.4 Å². The van der Waals surface area contributed by atoms with Gasteiger partial charge in [-0.3, -0.25) is 9.10 Å². The van der Waals surface area contributed by atoms with Crippen LogP contribution in [-0.4, -0.2) is 27.0 Å². The van der Waals surface area contributed by atoms with Crippen molar-refractivity contribution >= 4 is 27.3 Å². The number of nitrogens with zero attached hydrogens (tertiary/aromatic N) is 1. The fraction of sp³-hybridized carbons (Fsp3) is 0.174. The van der Waals surface area contributed by atoms with E-state index in [1.54, 1.807) is 60.7 Å². The lowest BCUT2D eigenvalue weighted by Gasteiger charge is -2.34. The number of sulfonamides is 1. The first-order chi connectivity index (χ1) is 14.4. The van der Waals surface area contributed by atoms with Gasteiger partial charge in [-0.05, 0) is 36.8 Å². The van der Waals surface area contributed by atoms with Crippen LogP contribution in [0.1, 0.15) is 11.1 Å². The number of carbonyl (C=O) groups is 1. The zero-order valence-corrected chi connectivity index (χ0v) is 17.3. The van der Waals surface area contributed by atoms with Gasteiger partial charge in [0, 0.05) is 5.69 Å². The van der Waals surface area contributed by atoms with Gasteiger partial charge in [0.2, 0.25) is 10.0 Å². The van der Waals surface area contributed by atoms with Gasteiger partial charge >= 0.3 is 0 Å². The lowest BCUT2D eigenvalue weighted by atomic mass is 10.2. The molecule has 1 N–H and O–H groups in total. The average molecular weight is 423 g/mol. The molecule has 1 unspecified atom stereocenters. The first-order valence-corrected chi connectivity index (χ1v) is 11.2. The number of aryl methyl sites for hydroxylation is 1. The molecular weight excluding hydrogens is 400 g/mol. The SMILES string of the molecule is Cc1ccc(NC(=O)C2CN(S(=O)(=O)Cc3ccccc3)c3ccccc3O2)cc1. The van der Waals surface area contributed by atoms with Crippen LogP contribution in [0.15, 0.2) is 78.9 Å². The average Bonchev–Trinajstić information content (AvgIpc) is 2.75. The maximum absolute atomic E-state index is 13.2. The van der Waals surface area contributed by atoms with Gasteiger partial charge in [0.25, 0.3) is 5.91 Å². The molecule has 0 aromatic heterocycles. The summed E-state index contributed by atoms with van der Waals surface area (Å²) in [5.74, 6) is -0.188. The van der Waals surface area contributed by atoms with E-state index in [0.29, 0.717) is 22.7 Å². The molecule has 0 aliphatic carbocycles. The van der Waals surface area contributed by atoms with E-state index in [0.717, 1.165) is 5.56 Å². The van der Waals surface area contributed by atoms with Crippen molar-refractivity contribution in [2.24, 2.45) is 0 Å². The molecule has 0 saturated carbocycles. The maximum atomic E-state index is 13.2. The molecule has 1 heterocycles. The number of amides is 1. The van der Waals surface area contributed by atoms with Crippen molar-refractivity contribution in [3.8, 4) is 5.75 Å². The van der Waals surface area contributed by atoms with Gasteiger partial charge in [0.1, 0.15) is 5.75 Å². The van der Waals surface area contributed by atoms with Crippen LogP contribution in [0.5, 0.6) is 5.75 Å². The minimum absolute atomic E-state index is 0.0934. The summed E-state index contributed by atoms with van der Waals surface area (Å²) in [6, 6.07) is 23.2. The zero-order chi connectivity index (χ0) is 21.1. The van der Waals surface area contributed by atoms with Crippen molar-refractivity contribution in [3.63, 3.8) is 0 Å². The molecule has 7 heteroatoms. The van der Waals surface area contributed by atoms with E-state index in [9.17, 15) is 13.2 Å². The predicted molar refractivity (Wildman–Crippen MR) is 117 cm³/mol. The molecule has 0 fully saturated rings. The van der Waals surface area contributed by atoms with Crippen molar-refractivity contribution in [2.45, 2.75) is 18.8 Å². The Kier molecular flexibility index (Phi) is 5.46. The molecule has 1 aliphatic heterocycles. The Morgan fingerprint density at radius 1 is 1.00 bits per heavy atom. The summed E-state index contributed by atoms with van der Waals surface area (Å²) in [5.41, 5.74) is 2.83. The minimum Gasteiger partial charge on any atom is -0.476 e. The molecule has 0 spiro atoms. The number of ether oxygens (including phenoxy) is 1. The maximum Gasteiger partial charge on any atom is 0.267 e. The predicted octanol–water partition coefficient (Wildman–Crippen LogP) is 3.73. The smallest absolute Gasteiger partial charge is 0.267 e. The molecule has 3 aromatic carbocycles. The van der Waals surface area contributed by atoms with Crippen molar-refractivity contribution in [1.29, 1.82) is 0 Å². The van der Waals surface area contributed by atoms with Crippen LogP contribution in [0.3, 0.4) is 0 Å². The normalized spacial score (nSPS) is 15.8. The molecular formula is C23H22N2O4S. The topological polar surface area (TPSA) is 75.7 Å². The van der Waals surface area contributed by atoms with E-state index in [4.69, 9.17) is 4.74 Å².